The molecule has 1 atom stereocenters. The van der Waals surface area contributed by atoms with Crippen LogP contribution in [0.1, 0.15) is 10.4 Å². The Balaban J connectivity index is 1.32. The van der Waals surface area contributed by atoms with Crippen LogP contribution in [-0.2, 0) is 9.47 Å². The smallest absolute Gasteiger partial charge is 0.320 e. The predicted octanol–water partition coefficient (Wildman–Crippen LogP) is 0.350. The maximum absolute atomic E-state index is 13.1. The van der Waals surface area contributed by atoms with Gasteiger partial charge in [-0.3, -0.25) is 9.69 Å². The van der Waals surface area contributed by atoms with Crippen LogP contribution in [0.4, 0.5) is 4.79 Å². The molecule has 0 unspecified atom stereocenters. The van der Waals surface area contributed by atoms with Gasteiger partial charge in [0.2, 0.25) is 0 Å². The topological polar surface area (TPSA) is 65.6 Å². The first kappa shape index (κ1) is 18.8. The van der Waals surface area contributed by atoms with E-state index in [-0.39, 0.29) is 23.5 Å². The van der Waals surface area contributed by atoms with Crippen molar-refractivity contribution < 1.29 is 19.1 Å². The lowest BCUT2D eigenvalue weighted by Gasteiger charge is -2.63. The van der Waals surface area contributed by atoms with Crippen LogP contribution in [0.3, 0.4) is 0 Å². The summed E-state index contributed by atoms with van der Waals surface area (Å²) in [6.45, 7) is 7.39. The first-order valence-corrected chi connectivity index (χ1v) is 10.5. The molecule has 4 fully saturated rings. The molecule has 4 aliphatic rings. The van der Waals surface area contributed by atoms with E-state index in [4.69, 9.17) is 9.47 Å². The van der Waals surface area contributed by atoms with Gasteiger partial charge < -0.3 is 24.2 Å². The predicted molar refractivity (Wildman–Crippen MR) is 106 cm³/mol. The van der Waals surface area contributed by atoms with Gasteiger partial charge in [-0.05, 0) is 12.1 Å². The first-order chi connectivity index (χ1) is 14.2. The highest BCUT2D eigenvalue weighted by molar-refractivity contribution is 5.94. The SMILES string of the molecule is O=C(c1ccccc1)N1C[C@@H]2COCCN2C2(C1)CN(C(=O)N1CCOCC1)C2. The number of morpholine rings is 2. The van der Waals surface area contributed by atoms with Crippen molar-refractivity contribution in [1.29, 1.82) is 0 Å². The third-order valence-electron chi connectivity index (χ3n) is 6.58. The van der Waals surface area contributed by atoms with E-state index >= 15 is 0 Å². The first-order valence-electron chi connectivity index (χ1n) is 10.5. The number of carbonyl (C=O) groups is 2. The third kappa shape index (κ3) is 3.39. The second kappa shape index (κ2) is 7.59. The highest BCUT2D eigenvalue weighted by Crippen LogP contribution is 2.36. The average Bonchev–Trinajstić information content (AvgIpc) is 2.77. The Morgan fingerprint density at radius 3 is 2.31 bits per heavy atom. The number of nitrogens with zero attached hydrogens (tertiary/aromatic N) is 4. The molecule has 0 saturated carbocycles. The summed E-state index contributed by atoms with van der Waals surface area (Å²) in [7, 11) is 0. The molecular weight excluding hydrogens is 372 g/mol. The Kier molecular flexibility index (Phi) is 4.93. The van der Waals surface area contributed by atoms with Gasteiger partial charge in [0.1, 0.15) is 0 Å². The van der Waals surface area contributed by atoms with Crippen LogP contribution in [0.25, 0.3) is 0 Å². The van der Waals surface area contributed by atoms with E-state index in [1.165, 1.54) is 0 Å². The highest BCUT2D eigenvalue weighted by atomic mass is 16.5. The van der Waals surface area contributed by atoms with Crippen molar-refractivity contribution in [2.75, 3.05) is 72.2 Å². The number of hydrogen-bond donors (Lipinski definition) is 0. The van der Waals surface area contributed by atoms with Crippen LogP contribution in [0.5, 0.6) is 0 Å². The molecule has 1 spiro atoms. The lowest BCUT2D eigenvalue weighted by Crippen LogP contribution is -2.82. The molecular formula is C21H28N4O4. The number of likely N-dealkylation sites (tertiary alicyclic amines) is 1. The second-order valence-electron chi connectivity index (χ2n) is 8.44. The van der Waals surface area contributed by atoms with Crippen LogP contribution in [0, 0.1) is 0 Å². The lowest BCUT2D eigenvalue weighted by molar-refractivity contribution is -0.150. The fraction of sp³-hybridized carbons (Fsp3) is 0.619. The molecule has 0 N–H and O–H groups in total. The average molecular weight is 400 g/mol. The summed E-state index contributed by atoms with van der Waals surface area (Å²) in [5, 5.41) is 0. The summed E-state index contributed by atoms with van der Waals surface area (Å²) in [6, 6.07) is 9.74. The molecule has 0 aliphatic carbocycles. The van der Waals surface area contributed by atoms with Gasteiger partial charge in [0.05, 0.1) is 38.0 Å². The summed E-state index contributed by atoms with van der Waals surface area (Å²) >= 11 is 0. The minimum atomic E-state index is -0.168. The summed E-state index contributed by atoms with van der Waals surface area (Å²) < 4.78 is 11.1. The Hall–Kier alpha value is -2.16. The van der Waals surface area contributed by atoms with Crippen molar-refractivity contribution >= 4 is 11.9 Å². The molecule has 3 amide bonds. The maximum Gasteiger partial charge on any atom is 0.320 e. The maximum atomic E-state index is 13.1. The van der Waals surface area contributed by atoms with E-state index in [2.05, 4.69) is 4.90 Å². The summed E-state index contributed by atoms with van der Waals surface area (Å²) in [4.78, 5) is 34.3. The van der Waals surface area contributed by atoms with E-state index in [1.807, 2.05) is 45.0 Å². The molecule has 5 rings (SSSR count). The van der Waals surface area contributed by atoms with Crippen LogP contribution in [0.2, 0.25) is 0 Å². The minimum absolute atomic E-state index is 0.0631. The van der Waals surface area contributed by atoms with E-state index in [9.17, 15) is 9.59 Å². The molecule has 4 aliphatic heterocycles. The molecule has 4 heterocycles. The number of hydrogen-bond acceptors (Lipinski definition) is 5. The Morgan fingerprint density at radius 1 is 0.862 bits per heavy atom. The van der Waals surface area contributed by atoms with Gasteiger partial charge in [-0.1, -0.05) is 18.2 Å². The Morgan fingerprint density at radius 2 is 1.55 bits per heavy atom. The summed E-state index contributed by atoms with van der Waals surface area (Å²) in [5.74, 6) is 0.0631. The van der Waals surface area contributed by atoms with Gasteiger partial charge in [0.25, 0.3) is 5.91 Å². The fourth-order valence-corrected chi connectivity index (χ4v) is 5.15. The minimum Gasteiger partial charge on any atom is -0.378 e. The van der Waals surface area contributed by atoms with Crippen molar-refractivity contribution in [2.45, 2.75) is 11.6 Å². The van der Waals surface area contributed by atoms with Crippen LogP contribution in [-0.4, -0.2) is 115 Å². The van der Waals surface area contributed by atoms with Gasteiger partial charge in [-0.15, -0.1) is 0 Å². The van der Waals surface area contributed by atoms with Gasteiger partial charge in [-0.25, -0.2) is 4.79 Å². The van der Waals surface area contributed by atoms with Gasteiger partial charge in [0.15, 0.2) is 0 Å². The summed E-state index contributed by atoms with van der Waals surface area (Å²) in [5.41, 5.74) is 0.549. The molecule has 0 bridgehead atoms. The number of benzene rings is 1. The van der Waals surface area contributed by atoms with Crippen molar-refractivity contribution in [2.24, 2.45) is 0 Å². The second-order valence-corrected chi connectivity index (χ2v) is 8.44. The number of piperazine rings is 1. The van der Waals surface area contributed by atoms with E-state index < -0.39 is 0 Å². The third-order valence-corrected chi connectivity index (χ3v) is 6.58. The number of fused-ring (bicyclic) bond motifs is 2. The zero-order chi connectivity index (χ0) is 19.8. The normalized spacial score (nSPS) is 26.8. The number of rotatable bonds is 1. The molecule has 8 heteroatoms. The standard InChI is InChI=1S/C21H28N4O4/c26-19(17-4-2-1-3-5-17)23-12-18-13-29-11-8-25(18)21(14-23)15-24(16-21)20(27)22-6-9-28-10-7-22/h1-5,18H,6-16H2/t18-/m1/s1. The molecule has 156 valence electrons. The largest absolute Gasteiger partial charge is 0.378 e. The molecule has 4 saturated heterocycles. The van der Waals surface area contributed by atoms with E-state index in [0.717, 1.165) is 6.54 Å². The lowest BCUT2D eigenvalue weighted by atomic mass is 9.82. The van der Waals surface area contributed by atoms with Crippen molar-refractivity contribution in [3.63, 3.8) is 0 Å². The quantitative estimate of drug-likeness (QED) is 0.681. The number of urea groups is 1. The molecule has 1 aromatic rings. The molecule has 0 radical (unpaired) electrons. The molecule has 0 aromatic heterocycles. The molecule has 8 nitrogen and oxygen atoms in total. The number of carbonyl (C=O) groups excluding carboxylic acids is 2. The van der Waals surface area contributed by atoms with Crippen molar-refractivity contribution in [3.05, 3.63) is 35.9 Å². The van der Waals surface area contributed by atoms with E-state index in [1.54, 1.807) is 0 Å². The Bertz CT molecular complexity index is 761. The molecule has 29 heavy (non-hydrogen) atoms. The van der Waals surface area contributed by atoms with Gasteiger partial charge in [0, 0.05) is 51.4 Å². The Labute approximate surface area is 170 Å². The molecule has 1 aromatic carbocycles. The van der Waals surface area contributed by atoms with E-state index in [0.29, 0.717) is 71.3 Å². The zero-order valence-corrected chi connectivity index (χ0v) is 16.7. The van der Waals surface area contributed by atoms with Gasteiger partial charge >= 0.3 is 6.03 Å². The summed E-state index contributed by atoms with van der Waals surface area (Å²) in [6.07, 6.45) is 0. The van der Waals surface area contributed by atoms with Gasteiger partial charge in [-0.2, -0.15) is 0 Å². The fourth-order valence-electron chi connectivity index (χ4n) is 5.15. The zero-order valence-electron chi connectivity index (χ0n) is 16.7. The van der Waals surface area contributed by atoms with Crippen LogP contribution >= 0.6 is 0 Å². The van der Waals surface area contributed by atoms with Crippen molar-refractivity contribution in [3.8, 4) is 0 Å². The monoisotopic (exact) mass is 400 g/mol. The van der Waals surface area contributed by atoms with Crippen molar-refractivity contribution in [1.82, 2.24) is 19.6 Å². The van der Waals surface area contributed by atoms with Crippen LogP contribution < -0.4 is 0 Å². The number of ether oxygens (including phenoxy) is 2. The number of amides is 3. The van der Waals surface area contributed by atoms with Crippen LogP contribution in [0.15, 0.2) is 30.3 Å². The highest BCUT2D eigenvalue weighted by Gasteiger charge is 2.56.